The molecule has 3 fully saturated rings. The van der Waals surface area contributed by atoms with Crippen molar-refractivity contribution in [1.29, 1.82) is 0 Å². The maximum Gasteiger partial charge on any atom is 0.326 e. The number of carbonyl (C=O) groups excluding carboxylic acids is 1. The molecule has 2 saturated heterocycles. The molecule has 2 aliphatic heterocycles. The van der Waals surface area contributed by atoms with Crippen molar-refractivity contribution in [2.24, 2.45) is 17.1 Å². The lowest BCUT2D eigenvalue weighted by Gasteiger charge is -2.61. The number of carboxylic acid groups (broad SMARTS) is 1. The van der Waals surface area contributed by atoms with E-state index in [1.807, 2.05) is 13.8 Å². The molecule has 3 unspecified atom stereocenters. The number of nitrogens with zero attached hydrogens (tertiary/aromatic N) is 1. The van der Waals surface area contributed by atoms with Gasteiger partial charge in [-0.25, -0.2) is 4.79 Å². The van der Waals surface area contributed by atoms with Crippen LogP contribution in [0.4, 0.5) is 0 Å². The van der Waals surface area contributed by atoms with E-state index in [1.54, 1.807) is 0 Å². The molecule has 0 spiro atoms. The first kappa shape index (κ1) is 13.8. The summed E-state index contributed by atoms with van der Waals surface area (Å²) >= 11 is 0. The molecule has 6 nitrogen and oxygen atoms in total. The third kappa shape index (κ3) is 1.46. The van der Waals surface area contributed by atoms with E-state index in [1.165, 1.54) is 4.90 Å². The summed E-state index contributed by atoms with van der Waals surface area (Å²) in [6, 6.07) is -0.722. The molecule has 1 aliphatic carbocycles. The van der Waals surface area contributed by atoms with Crippen LogP contribution >= 0.6 is 0 Å². The van der Waals surface area contributed by atoms with E-state index in [0.717, 1.165) is 12.8 Å². The summed E-state index contributed by atoms with van der Waals surface area (Å²) in [6.45, 7) is 5.02. The highest BCUT2D eigenvalue weighted by atomic mass is 16.5. The van der Waals surface area contributed by atoms with E-state index in [-0.39, 0.29) is 17.9 Å². The zero-order valence-corrected chi connectivity index (χ0v) is 12.0. The molecule has 3 N–H and O–H groups in total. The highest BCUT2D eigenvalue weighted by Gasteiger charge is 2.72. The van der Waals surface area contributed by atoms with Gasteiger partial charge < -0.3 is 20.5 Å². The van der Waals surface area contributed by atoms with Crippen molar-refractivity contribution in [3.05, 3.63) is 0 Å². The van der Waals surface area contributed by atoms with E-state index in [9.17, 15) is 14.7 Å². The number of carbonyl (C=O) groups is 2. The fourth-order valence-electron chi connectivity index (χ4n) is 4.32. The van der Waals surface area contributed by atoms with Crippen LogP contribution in [0, 0.1) is 11.3 Å². The summed E-state index contributed by atoms with van der Waals surface area (Å²) in [7, 11) is 0. The molecule has 2 heterocycles. The topological polar surface area (TPSA) is 92.9 Å². The number of likely N-dealkylation sites (tertiary alicyclic amines) is 1. The quantitative estimate of drug-likeness (QED) is 0.755. The third-order valence-electron chi connectivity index (χ3n) is 5.61. The number of hydrogen-bond donors (Lipinski definition) is 2. The molecule has 20 heavy (non-hydrogen) atoms. The Morgan fingerprint density at radius 3 is 2.70 bits per heavy atom. The maximum atomic E-state index is 12.9. The van der Waals surface area contributed by atoms with Gasteiger partial charge in [0.15, 0.2) is 0 Å². The first-order valence-corrected chi connectivity index (χ1v) is 7.26. The fourth-order valence-corrected chi connectivity index (χ4v) is 4.32. The Balaban J connectivity index is 1.88. The van der Waals surface area contributed by atoms with Gasteiger partial charge in [-0.3, -0.25) is 4.79 Å². The Bertz CT molecular complexity index is 464. The molecule has 4 atom stereocenters. The number of carboxylic acids is 1. The Labute approximate surface area is 118 Å². The molecule has 0 aromatic heterocycles. The van der Waals surface area contributed by atoms with E-state index < -0.39 is 23.0 Å². The normalized spacial score (nSPS) is 42.1. The van der Waals surface area contributed by atoms with Gasteiger partial charge in [0.05, 0.1) is 6.10 Å². The molecule has 6 heteroatoms. The van der Waals surface area contributed by atoms with Crippen LogP contribution < -0.4 is 5.73 Å². The number of amides is 1. The summed E-state index contributed by atoms with van der Waals surface area (Å²) in [5, 5.41) is 9.25. The minimum atomic E-state index is -0.994. The van der Waals surface area contributed by atoms with Crippen molar-refractivity contribution in [3.63, 3.8) is 0 Å². The molecule has 3 aliphatic rings. The molecular formula is C14H22N2O4. The molecular weight excluding hydrogens is 260 g/mol. The van der Waals surface area contributed by atoms with E-state index in [0.29, 0.717) is 19.6 Å². The summed E-state index contributed by atoms with van der Waals surface area (Å²) in [5.41, 5.74) is 5.05. The Kier molecular flexibility index (Phi) is 2.89. The number of fused-ring (bicyclic) bond motifs is 1. The third-order valence-corrected chi connectivity index (χ3v) is 5.61. The van der Waals surface area contributed by atoms with Gasteiger partial charge in [0.1, 0.15) is 11.6 Å². The van der Waals surface area contributed by atoms with Crippen LogP contribution in [0.5, 0.6) is 0 Å². The van der Waals surface area contributed by atoms with Crippen LogP contribution in [0.15, 0.2) is 0 Å². The summed E-state index contributed by atoms with van der Waals surface area (Å²) in [6.07, 6.45) is 2.04. The van der Waals surface area contributed by atoms with E-state index in [2.05, 4.69) is 0 Å². The fraction of sp³-hybridized carbons (Fsp3) is 0.857. The highest BCUT2D eigenvalue weighted by molar-refractivity contribution is 5.93. The van der Waals surface area contributed by atoms with Crippen molar-refractivity contribution < 1.29 is 19.4 Å². The maximum absolute atomic E-state index is 12.9. The Morgan fingerprint density at radius 2 is 2.05 bits per heavy atom. The van der Waals surface area contributed by atoms with Crippen LogP contribution in [0.3, 0.4) is 0 Å². The van der Waals surface area contributed by atoms with Gasteiger partial charge in [-0.05, 0) is 19.3 Å². The molecule has 0 aromatic rings. The molecule has 1 amide bonds. The molecule has 112 valence electrons. The second-order valence-electron chi connectivity index (χ2n) is 6.77. The predicted octanol–water partition coefficient (Wildman–Crippen LogP) is 0.204. The minimum Gasteiger partial charge on any atom is -0.480 e. The highest BCUT2D eigenvalue weighted by Crippen LogP contribution is 2.59. The number of nitrogens with two attached hydrogens (primary N) is 1. The standard InChI is InChI=1S/C14H22N2O4/c1-13(2)10-8(5-7-20-10)14(13,15)12(19)16-6-3-4-9(16)11(17)18/h8-10H,3-7,15H2,1-2H3,(H,17,18)/t8?,9-,10?,14?/m1/s1. The van der Waals surface area contributed by atoms with Crippen LogP contribution in [0.1, 0.15) is 33.1 Å². The second-order valence-corrected chi connectivity index (χ2v) is 6.77. The second kappa shape index (κ2) is 4.18. The molecule has 0 bridgehead atoms. The average molecular weight is 282 g/mol. The van der Waals surface area contributed by atoms with E-state index in [4.69, 9.17) is 10.5 Å². The molecule has 0 radical (unpaired) electrons. The Hall–Kier alpha value is -1.14. The summed E-state index contributed by atoms with van der Waals surface area (Å²) in [4.78, 5) is 25.7. The SMILES string of the molecule is CC1(C)C2OCCC2C1(N)C(=O)N1CCC[C@@H]1C(=O)O. The van der Waals surface area contributed by atoms with Crippen molar-refractivity contribution in [3.8, 4) is 0 Å². The van der Waals surface area contributed by atoms with Crippen LogP contribution in [0.2, 0.25) is 0 Å². The van der Waals surface area contributed by atoms with Crippen LogP contribution in [-0.4, -0.2) is 52.7 Å². The van der Waals surface area contributed by atoms with Gasteiger partial charge in [-0.2, -0.15) is 0 Å². The van der Waals surface area contributed by atoms with Gasteiger partial charge in [-0.1, -0.05) is 13.8 Å². The monoisotopic (exact) mass is 282 g/mol. The minimum absolute atomic E-state index is 0.0139. The van der Waals surface area contributed by atoms with Gasteiger partial charge in [0.25, 0.3) is 0 Å². The molecule has 1 saturated carbocycles. The van der Waals surface area contributed by atoms with Gasteiger partial charge in [0.2, 0.25) is 5.91 Å². The lowest BCUT2D eigenvalue weighted by Crippen LogP contribution is -2.80. The van der Waals surface area contributed by atoms with Crippen molar-refractivity contribution in [1.82, 2.24) is 4.90 Å². The summed E-state index contributed by atoms with van der Waals surface area (Å²) in [5.74, 6) is -1.13. The number of rotatable bonds is 2. The largest absolute Gasteiger partial charge is 0.480 e. The summed E-state index contributed by atoms with van der Waals surface area (Å²) < 4.78 is 5.68. The van der Waals surface area contributed by atoms with E-state index >= 15 is 0 Å². The molecule has 0 aromatic carbocycles. The zero-order valence-electron chi connectivity index (χ0n) is 12.0. The number of hydrogen-bond acceptors (Lipinski definition) is 4. The Morgan fingerprint density at radius 1 is 1.35 bits per heavy atom. The lowest BCUT2D eigenvalue weighted by atomic mass is 9.47. The number of aliphatic carboxylic acids is 1. The first-order valence-electron chi connectivity index (χ1n) is 7.26. The van der Waals surface area contributed by atoms with Gasteiger partial charge in [-0.15, -0.1) is 0 Å². The average Bonchev–Trinajstić information content (AvgIpc) is 3.04. The zero-order chi connectivity index (χ0) is 14.7. The van der Waals surface area contributed by atoms with Crippen molar-refractivity contribution in [2.45, 2.75) is 50.8 Å². The smallest absolute Gasteiger partial charge is 0.326 e. The number of ether oxygens (including phenoxy) is 1. The van der Waals surface area contributed by atoms with Gasteiger partial charge in [0, 0.05) is 24.5 Å². The van der Waals surface area contributed by atoms with Crippen LogP contribution in [0.25, 0.3) is 0 Å². The lowest BCUT2D eigenvalue weighted by molar-refractivity contribution is -0.186. The van der Waals surface area contributed by atoms with Gasteiger partial charge >= 0.3 is 5.97 Å². The predicted molar refractivity (Wildman–Crippen MR) is 70.9 cm³/mol. The van der Waals surface area contributed by atoms with Crippen molar-refractivity contribution >= 4 is 11.9 Å². The first-order chi connectivity index (χ1) is 9.31. The van der Waals surface area contributed by atoms with Crippen molar-refractivity contribution in [2.75, 3.05) is 13.2 Å². The van der Waals surface area contributed by atoms with Crippen LogP contribution in [-0.2, 0) is 14.3 Å². The molecule has 3 rings (SSSR count).